The lowest BCUT2D eigenvalue weighted by Crippen LogP contribution is -2.16. The van der Waals surface area contributed by atoms with Crippen LogP contribution in [0.2, 0.25) is 0 Å². The van der Waals surface area contributed by atoms with Crippen molar-refractivity contribution in [3.8, 4) is 17.2 Å². The van der Waals surface area contributed by atoms with Crippen LogP contribution >= 0.6 is 11.8 Å². The highest BCUT2D eigenvalue weighted by Crippen LogP contribution is 2.26. The van der Waals surface area contributed by atoms with Crippen LogP contribution in [0.15, 0.2) is 71.9 Å². The van der Waals surface area contributed by atoms with Crippen molar-refractivity contribution in [3.63, 3.8) is 0 Å². The molecule has 0 aliphatic rings. The van der Waals surface area contributed by atoms with Crippen molar-refractivity contribution in [3.05, 3.63) is 89.2 Å². The predicted octanol–water partition coefficient (Wildman–Crippen LogP) is 5.51. The van der Waals surface area contributed by atoms with Gasteiger partial charge in [0.15, 0.2) is 11.0 Å². The van der Waals surface area contributed by atoms with Crippen molar-refractivity contribution in [2.75, 3.05) is 18.2 Å². The summed E-state index contributed by atoms with van der Waals surface area (Å²) in [6.07, 6.45) is 0. The second kappa shape index (κ2) is 11.1. The molecular weight excluding hydrogens is 460 g/mol. The van der Waals surface area contributed by atoms with Crippen molar-refractivity contribution >= 4 is 23.4 Å². The molecule has 4 rings (SSSR count). The maximum absolute atomic E-state index is 12.7. The van der Waals surface area contributed by atoms with E-state index in [0.29, 0.717) is 11.0 Å². The molecule has 0 saturated carbocycles. The summed E-state index contributed by atoms with van der Waals surface area (Å²) in [6, 6.07) is 21.4. The second-order valence-corrected chi connectivity index (χ2v) is 9.08. The smallest absolute Gasteiger partial charge is 0.234 e. The number of carbonyl (C=O) groups excluding carboxylic acids is 1. The topological polar surface area (TPSA) is 78.3 Å². The Hall–Kier alpha value is -3.78. The lowest BCUT2D eigenvalue weighted by molar-refractivity contribution is -0.113. The molecule has 0 fully saturated rings. The number of aryl methyl sites for hydroxylation is 3. The monoisotopic (exact) mass is 488 g/mol. The van der Waals surface area contributed by atoms with Crippen molar-refractivity contribution in [1.82, 2.24) is 14.8 Å². The van der Waals surface area contributed by atoms with Gasteiger partial charge in [-0.1, -0.05) is 42.1 Å². The number of rotatable bonds is 9. The van der Waals surface area contributed by atoms with Crippen molar-refractivity contribution < 1.29 is 14.3 Å². The third-order valence-electron chi connectivity index (χ3n) is 5.47. The number of methoxy groups -OCH3 is 1. The minimum Gasteiger partial charge on any atom is -0.497 e. The van der Waals surface area contributed by atoms with Crippen LogP contribution in [0.3, 0.4) is 0 Å². The fourth-order valence-corrected chi connectivity index (χ4v) is 4.42. The summed E-state index contributed by atoms with van der Waals surface area (Å²) in [5.74, 6) is 2.24. The molecule has 1 heterocycles. The molecule has 0 radical (unpaired) electrons. The van der Waals surface area contributed by atoms with Crippen molar-refractivity contribution in [2.24, 2.45) is 0 Å². The Kier molecular flexibility index (Phi) is 7.72. The van der Waals surface area contributed by atoms with Gasteiger partial charge in [-0.05, 0) is 73.9 Å². The van der Waals surface area contributed by atoms with Crippen LogP contribution < -0.4 is 14.8 Å². The maximum Gasteiger partial charge on any atom is 0.234 e. The molecule has 0 atom stereocenters. The number of amides is 1. The molecule has 7 nitrogen and oxygen atoms in total. The molecule has 8 heteroatoms. The number of nitrogens with zero attached hydrogens (tertiary/aromatic N) is 3. The molecule has 4 aromatic rings. The fourth-order valence-electron chi connectivity index (χ4n) is 3.65. The summed E-state index contributed by atoms with van der Waals surface area (Å²) >= 11 is 1.33. The molecule has 0 aliphatic heterocycles. The standard InChI is InChI=1S/C27H28N4O3S/c1-18-7-5-10-23(15-18)34-16-24-29-30-27(31(24)21-11-13-22(33-4)14-12-21)35-17-25(32)28-26-19(2)8-6-9-20(26)3/h5-15H,16-17H2,1-4H3,(H,28,32). The van der Waals surface area contributed by atoms with Crippen LogP contribution in [-0.2, 0) is 11.4 Å². The number of thioether (sulfide) groups is 1. The summed E-state index contributed by atoms with van der Waals surface area (Å²) in [6.45, 7) is 6.22. The Labute approximate surface area is 209 Å². The van der Waals surface area contributed by atoms with E-state index >= 15 is 0 Å². The largest absolute Gasteiger partial charge is 0.497 e. The first kappa shape index (κ1) is 24.3. The van der Waals surface area contributed by atoms with E-state index < -0.39 is 0 Å². The number of benzene rings is 3. The number of ether oxygens (including phenoxy) is 2. The normalized spacial score (nSPS) is 10.7. The van der Waals surface area contributed by atoms with E-state index in [2.05, 4.69) is 15.5 Å². The van der Waals surface area contributed by atoms with Gasteiger partial charge in [-0.25, -0.2) is 0 Å². The van der Waals surface area contributed by atoms with Crippen LogP contribution in [0.4, 0.5) is 5.69 Å². The fraction of sp³-hybridized carbons (Fsp3) is 0.222. The van der Waals surface area contributed by atoms with Gasteiger partial charge in [-0.15, -0.1) is 10.2 Å². The highest BCUT2D eigenvalue weighted by atomic mass is 32.2. The number of nitrogens with one attached hydrogen (secondary N) is 1. The lowest BCUT2D eigenvalue weighted by atomic mass is 10.1. The first-order valence-electron chi connectivity index (χ1n) is 11.2. The zero-order valence-electron chi connectivity index (χ0n) is 20.2. The number of hydrogen-bond donors (Lipinski definition) is 1. The minimum absolute atomic E-state index is 0.103. The third-order valence-corrected chi connectivity index (χ3v) is 6.40. The Morgan fingerprint density at radius 3 is 2.34 bits per heavy atom. The molecule has 35 heavy (non-hydrogen) atoms. The van der Waals surface area contributed by atoms with Crippen LogP contribution in [0.25, 0.3) is 5.69 Å². The zero-order chi connectivity index (χ0) is 24.8. The third kappa shape index (κ3) is 6.02. The summed E-state index contributed by atoms with van der Waals surface area (Å²) in [5.41, 5.74) is 4.88. The van der Waals surface area contributed by atoms with E-state index in [1.165, 1.54) is 11.8 Å². The molecule has 3 aromatic carbocycles. The Morgan fingerprint density at radius 1 is 0.943 bits per heavy atom. The van der Waals surface area contributed by atoms with Crippen molar-refractivity contribution in [1.29, 1.82) is 0 Å². The minimum atomic E-state index is -0.103. The Balaban J connectivity index is 1.54. The van der Waals surface area contributed by atoms with Gasteiger partial charge in [-0.3, -0.25) is 9.36 Å². The quantitative estimate of drug-likeness (QED) is 0.313. The first-order chi connectivity index (χ1) is 16.9. The van der Waals surface area contributed by atoms with E-state index in [-0.39, 0.29) is 18.3 Å². The Bertz CT molecular complexity index is 1300. The number of carbonyl (C=O) groups is 1. The molecule has 0 aliphatic carbocycles. The van der Waals surface area contributed by atoms with Crippen LogP contribution in [0, 0.1) is 20.8 Å². The maximum atomic E-state index is 12.7. The summed E-state index contributed by atoms with van der Waals surface area (Å²) < 4.78 is 13.2. The number of hydrogen-bond acceptors (Lipinski definition) is 6. The van der Waals surface area contributed by atoms with Crippen LogP contribution in [0.1, 0.15) is 22.5 Å². The highest BCUT2D eigenvalue weighted by Gasteiger charge is 2.17. The van der Waals surface area contributed by atoms with Gasteiger partial charge in [0.2, 0.25) is 5.91 Å². The second-order valence-electron chi connectivity index (χ2n) is 8.14. The number of para-hydroxylation sites is 1. The van der Waals surface area contributed by atoms with Gasteiger partial charge >= 0.3 is 0 Å². The molecule has 1 aromatic heterocycles. The van der Waals surface area contributed by atoms with E-state index in [1.54, 1.807) is 7.11 Å². The average Bonchev–Trinajstić information content (AvgIpc) is 3.26. The number of anilines is 1. The van der Waals surface area contributed by atoms with E-state index in [9.17, 15) is 4.79 Å². The molecule has 1 N–H and O–H groups in total. The lowest BCUT2D eigenvalue weighted by Gasteiger charge is -2.13. The molecule has 0 spiro atoms. The SMILES string of the molecule is COc1ccc(-n2c(COc3cccc(C)c3)nnc2SCC(=O)Nc2c(C)cccc2C)cc1. The van der Waals surface area contributed by atoms with Crippen LogP contribution in [-0.4, -0.2) is 33.5 Å². The predicted molar refractivity (Wildman–Crippen MR) is 139 cm³/mol. The molecule has 180 valence electrons. The highest BCUT2D eigenvalue weighted by molar-refractivity contribution is 7.99. The number of aromatic nitrogens is 3. The molecular formula is C27H28N4O3S. The molecule has 0 unspecified atom stereocenters. The van der Waals surface area contributed by atoms with Crippen LogP contribution in [0.5, 0.6) is 11.5 Å². The van der Waals surface area contributed by atoms with Gasteiger partial charge in [0.05, 0.1) is 12.9 Å². The Morgan fingerprint density at radius 2 is 1.66 bits per heavy atom. The van der Waals surface area contributed by atoms with E-state index in [0.717, 1.165) is 39.6 Å². The summed E-state index contributed by atoms with van der Waals surface area (Å²) in [4.78, 5) is 12.7. The van der Waals surface area contributed by atoms with Gasteiger partial charge in [-0.2, -0.15) is 0 Å². The molecule has 0 saturated heterocycles. The molecule has 0 bridgehead atoms. The molecule has 1 amide bonds. The first-order valence-corrected chi connectivity index (χ1v) is 12.2. The van der Waals surface area contributed by atoms with Gasteiger partial charge in [0, 0.05) is 11.4 Å². The zero-order valence-corrected chi connectivity index (χ0v) is 21.1. The van der Waals surface area contributed by atoms with Gasteiger partial charge < -0.3 is 14.8 Å². The van der Waals surface area contributed by atoms with E-state index in [1.807, 2.05) is 92.1 Å². The van der Waals surface area contributed by atoms with E-state index in [4.69, 9.17) is 9.47 Å². The van der Waals surface area contributed by atoms with Crippen molar-refractivity contribution in [2.45, 2.75) is 32.5 Å². The average molecular weight is 489 g/mol. The summed E-state index contributed by atoms with van der Waals surface area (Å²) in [5, 5.41) is 12.4. The summed E-state index contributed by atoms with van der Waals surface area (Å²) in [7, 11) is 1.63. The van der Waals surface area contributed by atoms with Gasteiger partial charge in [0.1, 0.15) is 18.1 Å². The van der Waals surface area contributed by atoms with Gasteiger partial charge in [0.25, 0.3) is 0 Å².